The van der Waals surface area contributed by atoms with E-state index in [-0.39, 0.29) is 17.1 Å². The van der Waals surface area contributed by atoms with Crippen molar-refractivity contribution in [2.45, 2.75) is 39.7 Å². The van der Waals surface area contributed by atoms with E-state index in [9.17, 15) is 9.59 Å². The molecule has 2 amide bonds. The van der Waals surface area contributed by atoms with Crippen LogP contribution in [0.15, 0.2) is 18.2 Å². The Morgan fingerprint density at radius 1 is 1.35 bits per heavy atom. The van der Waals surface area contributed by atoms with E-state index in [4.69, 9.17) is 5.11 Å². The number of carboxylic acids is 1. The smallest absolute Gasteiger partial charge is 0.336 e. The van der Waals surface area contributed by atoms with E-state index in [1.54, 1.807) is 31.0 Å². The number of carbonyl (C=O) groups excluding carboxylic acids is 1. The Morgan fingerprint density at radius 2 is 1.95 bits per heavy atom. The van der Waals surface area contributed by atoms with Gasteiger partial charge in [-0.15, -0.1) is 0 Å². The number of hydrogen-bond acceptors (Lipinski definition) is 2. The Balaban J connectivity index is 2.97. The van der Waals surface area contributed by atoms with Gasteiger partial charge >= 0.3 is 12.0 Å². The number of aromatic carboxylic acids is 1. The third-order valence-corrected chi connectivity index (χ3v) is 3.88. The normalized spacial score (nSPS) is 11.1. The molecule has 0 saturated heterocycles. The molecule has 0 aliphatic rings. The highest BCUT2D eigenvalue weighted by Gasteiger charge is 2.26. The van der Waals surface area contributed by atoms with E-state index in [2.05, 4.69) is 5.32 Å². The maximum absolute atomic E-state index is 12.2. The molecule has 1 rings (SSSR count). The van der Waals surface area contributed by atoms with Crippen LogP contribution in [-0.4, -0.2) is 34.6 Å². The molecule has 0 aliphatic carbocycles. The first kappa shape index (κ1) is 16.0. The third kappa shape index (κ3) is 3.29. The lowest BCUT2D eigenvalue weighted by molar-refractivity contribution is 0.0696. The first-order chi connectivity index (χ1) is 9.20. The summed E-state index contributed by atoms with van der Waals surface area (Å²) in [7, 11) is 1.73. The van der Waals surface area contributed by atoms with Crippen LogP contribution in [0.3, 0.4) is 0 Å². The van der Waals surface area contributed by atoms with E-state index >= 15 is 0 Å². The third-order valence-electron chi connectivity index (χ3n) is 3.88. The van der Waals surface area contributed by atoms with Crippen LogP contribution in [0.4, 0.5) is 10.5 Å². The van der Waals surface area contributed by atoms with Crippen LogP contribution in [0, 0.1) is 6.92 Å². The van der Waals surface area contributed by atoms with Crippen LogP contribution in [0.5, 0.6) is 0 Å². The molecule has 0 unspecified atom stereocenters. The number of nitrogens with zero attached hydrogens (tertiary/aromatic N) is 1. The molecule has 0 radical (unpaired) electrons. The van der Waals surface area contributed by atoms with Crippen LogP contribution in [-0.2, 0) is 0 Å². The van der Waals surface area contributed by atoms with Gasteiger partial charge in [0.2, 0.25) is 0 Å². The lowest BCUT2D eigenvalue weighted by atomic mass is 10.0. The topological polar surface area (TPSA) is 69.6 Å². The maximum atomic E-state index is 12.2. The summed E-state index contributed by atoms with van der Waals surface area (Å²) in [5, 5.41) is 11.8. The van der Waals surface area contributed by atoms with E-state index in [0.29, 0.717) is 11.3 Å². The van der Waals surface area contributed by atoms with Crippen molar-refractivity contribution in [3.05, 3.63) is 29.3 Å². The number of nitrogens with one attached hydrogen (secondary N) is 1. The average molecular weight is 278 g/mol. The number of hydrogen-bond donors (Lipinski definition) is 2. The van der Waals surface area contributed by atoms with E-state index in [1.165, 1.54) is 6.07 Å². The van der Waals surface area contributed by atoms with Crippen molar-refractivity contribution in [3.63, 3.8) is 0 Å². The van der Waals surface area contributed by atoms with E-state index < -0.39 is 5.97 Å². The molecule has 0 spiro atoms. The Hall–Kier alpha value is -2.04. The van der Waals surface area contributed by atoms with Gasteiger partial charge < -0.3 is 15.3 Å². The fourth-order valence-electron chi connectivity index (χ4n) is 1.71. The largest absolute Gasteiger partial charge is 0.478 e. The predicted molar refractivity (Wildman–Crippen MR) is 79.3 cm³/mol. The molecule has 0 fully saturated rings. The number of rotatable bonds is 4. The van der Waals surface area contributed by atoms with Gasteiger partial charge in [0.25, 0.3) is 0 Å². The molecular formula is C15H22N2O3. The standard InChI is InChI=1S/C15H22N2O3/c1-6-15(3,4)17(5)14(20)16-12-9-7-8-11(10(12)2)13(18)19/h7-9H,6H2,1-5H3,(H,16,20)(H,18,19). The average Bonchev–Trinajstić information content (AvgIpc) is 2.39. The van der Waals surface area contributed by atoms with Crippen LogP contribution >= 0.6 is 0 Å². The molecule has 2 N–H and O–H groups in total. The molecule has 5 heteroatoms. The second-order valence-electron chi connectivity index (χ2n) is 5.44. The quantitative estimate of drug-likeness (QED) is 0.887. The molecule has 0 aliphatic heterocycles. The summed E-state index contributed by atoms with van der Waals surface area (Å²) in [5.41, 5.74) is 1.01. The molecule has 0 bridgehead atoms. The summed E-state index contributed by atoms with van der Waals surface area (Å²) in [4.78, 5) is 24.9. The minimum absolute atomic E-state index is 0.195. The van der Waals surface area contributed by atoms with Crippen molar-refractivity contribution in [1.82, 2.24) is 4.90 Å². The molecule has 1 aromatic rings. The van der Waals surface area contributed by atoms with Crippen molar-refractivity contribution in [1.29, 1.82) is 0 Å². The molecule has 0 atom stereocenters. The van der Waals surface area contributed by atoms with E-state index in [1.807, 2.05) is 20.8 Å². The lowest BCUT2D eigenvalue weighted by Gasteiger charge is -2.34. The lowest BCUT2D eigenvalue weighted by Crippen LogP contribution is -2.46. The van der Waals surface area contributed by atoms with Gasteiger partial charge in [0.05, 0.1) is 5.56 Å². The van der Waals surface area contributed by atoms with Gasteiger partial charge in [-0.3, -0.25) is 0 Å². The summed E-state index contributed by atoms with van der Waals surface area (Å²) in [6, 6.07) is 4.60. The van der Waals surface area contributed by atoms with Gasteiger partial charge in [-0.2, -0.15) is 0 Å². The van der Waals surface area contributed by atoms with Crippen molar-refractivity contribution in [2.75, 3.05) is 12.4 Å². The second-order valence-corrected chi connectivity index (χ2v) is 5.44. The van der Waals surface area contributed by atoms with E-state index in [0.717, 1.165) is 6.42 Å². The second kappa shape index (κ2) is 5.94. The molecule has 0 heterocycles. The number of benzene rings is 1. The zero-order valence-electron chi connectivity index (χ0n) is 12.7. The van der Waals surface area contributed by atoms with Crippen molar-refractivity contribution in [3.8, 4) is 0 Å². The fraction of sp³-hybridized carbons (Fsp3) is 0.467. The Labute approximate surface area is 119 Å². The summed E-state index contributed by atoms with van der Waals surface area (Å²) in [6.45, 7) is 7.66. The fourth-order valence-corrected chi connectivity index (χ4v) is 1.71. The number of carbonyl (C=O) groups is 2. The molecule has 0 saturated carbocycles. The van der Waals surface area contributed by atoms with Crippen LogP contribution in [0.25, 0.3) is 0 Å². The molecular weight excluding hydrogens is 256 g/mol. The van der Waals surface area contributed by atoms with Crippen molar-refractivity contribution < 1.29 is 14.7 Å². The Bertz CT molecular complexity index is 524. The summed E-state index contributed by atoms with van der Waals surface area (Å²) in [6.07, 6.45) is 0.824. The van der Waals surface area contributed by atoms with Crippen molar-refractivity contribution >= 4 is 17.7 Å². The molecule has 5 nitrogen and oxygen atoms in total. The summed E-state index contributed by atoms with van der Waals surface area (Å²) in [5.74, 6) is -0.999. The highest BCUT2D eigenvalue weighted by atomic mass is 16.4. The highest BCUT2D eigenvalue weighted by Crippen LogP contribution is 2.22. The van der Waals surface area contributed by atoms with Crippen LogP contribution in [0.1, 0.15) is 43.1 Å². The molecule has 110 valence electrons. The Kier molecular flexibility index (Phi) is 4.76. The van der Waals surface area contributed by atoms with Gasteiger partial charge in [-0.05, 0) is 44.9 Å². The highest BCUT2D eigenvalue weighted by molar-refractivity contribution is 5.95. The predicted octanol–water partition coefficient (Wildman–Crippen LogP) is 3.35. The van der Waals surface area contributed by atoms with Crippen molar-refractivity contribution in [2.24, 2.45) is 0 Å². The zero-order chi connectivity index (χ0) is 15.5. The number of amides is 2. The minimum Gasteiger partial charge on any atom is -0.478 e. The summed E-state index contributed by atoms with van der Waals surface area (Å²) < 4.78 is 0. The first-order valence-corrected chi connectivity index (χ1v) is 6.58. The summed E-state index contributed by atoms with van der Waals surface area (Å²) >= 11 is 0. The first-order valence-electron chi connectivity index (χ1n) is 6.58. The molecule has 1 aromatic carbocycles. The van der Waals surface area contributed by atoms with Gasteiger partial charge in [-0.25, -0.2) is 9.59 Å². The maximum Gasteiger partial charge on any atom is 0.336 e. The van der Waals surface area contributed by atoms with Gasteiger partial charge in [0, 0.05) is 18.3 Å². The van der Waals surface area contributed by atoms with Crippen LogP contribution < -0.4 is 5.32 Å². The monoisotopic (exact) mass is 278 g/mol. The molecule has 20 heavy (non-hydrogen) atoms. The minimum atomic E-state index is -0.999. The zero-order valence-corrected chi connectivity index (χ0v) is 12.7. The molecule has 0 aromatic heterocycles. The van der Waals surface area contributed by atoms with Crippen LogP contribution in [0.2, 0.25) is 0 Å². The van der Waals surface area contributed by atoms with Gasteiger partial charge in [-0.1, -0.05) is 13.0 Å². The number of urea groups is 1. The SMILES string of the molecule is CCC(C)(C)N(C)C(=O)Nc1cccc(C(=O)O)c1C. The Morgan fingerprint density at radius 3 is 2.45 bits per heavy atom. The number of carboxylic acid groups (broad SMARTS) is 1. The number of anilines is 1. The van der Waals surface area contributed by atoms with Gasteiger partial charge in [0.15, 0.2) is 0 Å². The van der Waals surface area contributed by atoms with Gasteiger partial charge in [0.1, 0.15) is 0 Å².